The Bertz CT molecular complexity index is 3130. The first-order valence-electron chi connectivity index (χ1n) is 19.1. The van der Waals surface area contributed by atoms with Gasteiger partial charge < -0.3 is 0 Å². The zero-order valence-electron chi connectivity index (χ0n) is 30.3. The Morgan fingerprint density at radius 2 is 0.911 bits per heavy atom. The van der Waals surface area contributed by atoms with E-state index in [9.17, 15) is 0 Å². The monoisotopic (exact) mass is 712 g/mol. The van der Waals surface area contributed by atoms with Crippen molar-refractivity contribution < 1.29 is 0 Å². The topological polar surface area (TPSA) is 43.6 Å². The fourth-order valence-electron chi connectivity index (χ4n) is 9.59. The Morgan fingerprint density at radius 3 is 1.61 bits per heavy atom. The van der Waals surface area contributed by atoms with E-state index < -0.39 is 5.41 Å². The summed E-state index contributed by atoms with van der Waals surface area (Å²) in [7, 11) is 0. The molecular weight excluding hydrogens is 681 g/mol. The Hall–Kier alpha value is -7.43. The molecular formula is C52H32N4. The summed E-state index contributed by atoms with van der Waals surface area (Å²) < 4.78 is 2.29. The Balaban J connectivity index is 1.22. The molecule has 0 fully saturated rings. The van der Waals surface area contributed by atoms with E-state index >= 15 is 0 Å². The molecule has 0 bridgehead atoms. The van der Waals surface area contributed by atoms with E-state index in [2.05, 4.69) is 162 Å². The lowest BCUT2D eigenvalue weighted by atomic mass is 9.70. The van der Waals surface area contributed by atoms with Crippen molar-refractivity contribution in [1.82, 2.24) is 19.5 Å². The van der Waals surface area contributed by atoms with Gasteiger partial charge in [-0.3, -0.25) is 4.57 Å². The van der Waals surface area contributed by atoms with E-state index in [1.807, 2.05) is 36.4 Å². The second-order valence-electron chi connectivity index (χ2n) is 14.7. The van der Waals surface area contributed by atoms with Crippen LogP contribution in [-0.4, -0.2) is 19.5 Å². The largest absolute Gasteiger partial charge is 0.277 e. The summed E-state index contributed by atoms with van der Waals surface area (Å²) in [4.78, 5) is 15.7. The Morgan fingerprint density at radius 1 is 0.357 bits per heavy atom. The number of para-hydroxylation sites is 1. The number of aromatic nitrogens is 4. The van der Waals surface area contributed by atoms with E-state index in [4.69, 9.17) is 15.0 Å². The zero-order chi connectivity index (χ0) is 36.8. The maximum Gasteiger partial charge on any atom is 0.238 e. The summed E-state index contributed by atoms with van der Waals surface area (Å²) in [6.45, 7) is 0. The van der Waals surface area contributed by atoms with Gasteiger partial charge in [0.15, 0.2) is 11.6 Å². The molecule has 0 N–H and O–H groups in total. The third-order valence-corrected chi connectivity index (χ3v) is 11.9. The fraction of sp³-hybridized carbons (Fsp3) is 0.0192. The van der Waals surface area contributed by atoms with Crippen molar-refractivity contribution in [1.29, 1.82) is 0 Å². The lowest BCUT2D eigenvalue weighted by Gasteiger charge is -2.30. The van der Waals surface area contributed by atoms with Crippen molar-refractivity contribution in [3.63, 3.8) is 0 Å². The van der Waals surface area contributed by atoms with Crippen LogP contribution in [0.4, 0.5) is 0 Å². The fourth-order valence-corrected chi connectivity index (χ4v) is 9.59. The highest BCUT2D eigenvalue weighted by Gasteiger charge is 2.52. The minimum Gasteiger partial charge on any atom is -0.277 e. The highest BCUT2D eigenvalue weighted by atomic mass is 15.2. The van der Waals surface area contributed by atoms with Gasteiger partial charge in [0.1, 0.15) is 0 Å². The van der Waals surface area contributed by atoms with Gasteiger partial charge in [0.25, 0.3) is 0 Å². The number of rotatable bonds is 4. The lowest BCUT2D eigenvalue weighted by molar-refractivity contribution is 0.794. The third kappa shape index (κ3) is 4.21. The van der Waals surface area contributed by atoms with Crippen LogP contribution in [-0.2, 0) is 5.41 Å². The quantitative estimate of drug-likeness (QED) is 0.182. The number of fused-ring (bicyclic) bond motifs is 14. The SMILES string of the molecule is c1ccc(-c2ccc3c(c2)C2(c4ccccc4-3)c3ccccc3-c3c2ccc2c4ccccc4n(-c4nc(-c5ccccc5)nc(-c5ccccc5)n4)c32)cc1. The molecule has 4 heteroatoms. The molecule has 4 nitrogen and oxygen atoms in total. The lowest BCUT2D eigenvalue weighted by Crippen LogP contribution is -2.25. The summed E-state index contributed by atoms with van der Waals surface area (Å²) in [5.41, 5.74) is 16.1. The molecule has 10 aromatic rings. The van der Waals surface area contributed by atoms with Crippen LogP contribution in [0.2, 0.25) is 0 Å². The molecule has 2 aliphatic carbocycles. The van der Waals surface area contributed by atoms with Gasteiger partial charge in [-0.2, -0.15) is 9.97 Å². The van der Waals surface area contributed by atoms with Crippen molar-refractivity contribution in [3.05, 3.63) is 216 Å². The van der Waals surface area contributed by atoms with E-state index in [0.717, 1.165) is 27.5 Å². The smallest absolute Gasteiger partial charge is 0.238 e. The van der Waals surface area contributed by atoms with Gasteiger partial charge >= 0.3 is 0 Å². The summed E-state index contributed by atoms with van der Waals surface area (Å²) in [5.74, 6) is 1.86. The molecule has 2 aromatic heterocycles. The molecule has 56 heavy (non-hydrogen) atoms. The normalized spacial score (nSPS) is 14.9. The van der Waals surface area contributed by atoms with Crippen molar-refractivity contribution in [2.45, 2.75) is 5.41 Å². The minimum absolute atomic E-state index is 0.526. The molecule has 0 aliphatic heterocycles. The summed E-state index contributed by atoms with van der Waals surface area (Å²) >= 11 is 0. The molecule has 2 heterocycles. The van der Waals surface area contributed by atoms with Crippen molar-refractivity contribution >= 4 is 21.8 Å². The molecule has 2 aliphatic rings. The van der Waals surface area contributed by atoms with Crippen LogP contribution in [0.25, 0.3) is 83.9 Å². The second-order valence-corrected chi connectivity index (χ2v) is 14.7. The molecule has 0 saturated carbocycles. The average Bonchev–Trinajstić information content (AvgIpc) is 3.89. The van der Waals surface area contributed by atoms with Crippen LogP contribution in [0, 0.1) is 0 Å². The van der Waals surface area contributed by atoms with Crippen LogP contribution in [0.3, 0.4) is 0 Å². The molecule has 8 aromatic carbocycles. The standard InChI is InChI=1S/C52H32N4/c1-4-16-33(17-5-1)36-28-29-38-37-22-10-13-25-42(37)52(45(38)32-36)43-26-14-11-24-41(43)47-44(52)31-30-40-39-23-12-15-27-46(39)56(48(40)47)51-54-49(34-18-6-2-7-19-34)53-50(55-51)35-20-8-3-9-21-35/h1-32H. The van der Waals surface area contributed by atoms with Crippen LogP contribution < -0.4 is 0 Å². The number of hydrogen-bond donors (Lipinski definition) is 0. The Labute approximate surface area is 324 Å². The molecule has 0 radical (unpaired) electrons. The zero-order valence-corrected chi connectivity index (χ0v) is 30.3. The number of benzene rings is 8. The van der Waals surface area contributed by atoms with Gasteiger partial charge in [-0.15, -0.1) is 0 Å². The van der Waals surface area contributed by atoms with E-state index in [0.29, 0.717) is 17.6 Å². The maximum absolute atomic E-state index is 5.30. The number of hydrogen-bond acceptors (Lipinski definition) is 3. The molecule has 1 atom stereocenters. The number of nitrogens with zero attached hydrogens (tertiary/aromatic N) is 4. The molecule has 1 spiro atoms. The third-order valence-electron chi connectivity index (χ3n) is 11.9. The van der Waals surface area contributed by atoms with Gasteiger partial charge in [-0.05, 0) is 62.2 Å². The molecule has 12 rings (SSSR count). The van der Waals surface area contributed by atoms with Crippen LogP contribution in [0.1, 0.15) is 22.3 Å². The van der Waals surface area contributed by atoms with E-state index in [-0.39, 0.29) is 0 Å². The highest BCUT2D eigenvalue weighted by Crippen LogP contribution is 2.64. The van der Waals surface area contributed by atoms with Crippen LogP contribution in [0.5, 0.6) is 0 Å². The van der Waals surface area contributed by atoms with Crippen LogP contribution in [0.15, 0.2) is 194 Å². The predicted octanol–water partition coefficient (Wildman–Crippen LogP) is 12.3. The molecule has 1 unspecified atom stereocenters. The van der Waals surface area contributed by atoms with Crippen molar-refractivity contribution in [3.8, 4) is 62.1 Å². The van der Waals surface area contributed by atoms with Gasteiger partial charge in [-0.25, -0.2) is 4.98 Å². The highest BCUT2D eigenvalue weighted by molar-refractivity contribution is 6.16. The minimum atomic E-state index is -0.526. The first kappa shape index (κ1) is 31.0. The van der Waals surface area contributed by atoms with Gasteiger partial charge in [0.2, 0.25) is 5.95 Å². The average molecular weight is 713 g/mol. The molecule has 0 amide bonds. The van der Waals surface area contributed by atoms with Crippen molar-refractivity contribution in [2.24, 2.45) is 0 Å². The second kappa shape index (κ2) is 11.8. The first-order valence-corrected chi connectivity index (χ1v) is 19.1. The van der Waals surface area contributed by atoms with Gasteiger partial charge in [0.05, 0.1) is 16.4 Å². The van der Waals surface area contributed by atoms with Gasteiger partial charge in [0, 0.05) is 27.5 Å². The van der Waals surface area contributed by atoms with Crippen LogP contribution >= 0.6 is 0 Å². The van der Waals surface area contributed by atoms with Gasteiger partial charge in [-0.1, -0.05) is 182 Å². The summed E-state index contributed by atoms with van der Waals surface area (Å²) in [6.07, 6.45) is 0. The maximum atomic E-state index is 5.30. The molecule has 260 valence electrons. The Kier molecular flexibility index (Phi) is 6.52. The van der Waals surface area contributed by atoms with Crippen molar-refractivity contribution in [2.75, 3.05) is 0 Å². The van der Waals surface area contributed by atoms with E-state index in [1.54, 1.807) is 0 Å². The summed E-state index contributed by atoms with van der Waals surface area (Å²) in [5, 5.41) is 2.32. The summed E-state index contributed by atoms with van der Waals surface area (Å²) in [6, 6.07) is 69.7. The first-order chi connectivity index (χ1) is 27.8. The van der Waals surface area contributed by atoms with E-state index in [1.165, 1.54) is 61.0 Å². The predicted molar refractivity (Wildman–Crippen MR) is 227 cm³/mol. The molecule has 0 saturated heterocycles.